The van der Waals surface area contributed by atoms with Crippen molar-refractivity contribution in [1.29, 1.82) is 0 Å². The van der Waals surface area contributed by atoms with Crippen molar-refractivity contribution in [1.82, 2.24) is 4.57 Å². The summed E-state index contributed by atoms with van der Waals surface area (Å²) < 4.78 is 6.21. The van der Waals surface area contributed by atoms with Crippen LogP contribution in [0.25, 0.3) is 0 Å². The maximum atomic E-state index is 11.1. The topological polar surface area (TPSA) is 48.3 Å². The summed E-state index contributed by atoms with van der Waals surface area (Å²) in [7, 11) is 3.06. The highest BCUT2D eigenvalue weighted by atomic mass is 16.5. The van der Waals surface area contributed by atoms with Gasteiger partial charge < -0.3 is 14.1 Å². The fraction of sp³-hybridized carbons (Fsp3) is 0.333. The second-order valence-corrected chi connectivity index (χ2v) is 2.63. The van der Waals surface area contributed by atoms with E-state index in [1.807, 2.05) is 0 Å². The minimum atomic E-state index is -0.389. The van der Waals surface area contributed by atoms with Crippen LogP contribution >= 0.6 is 0 Å². The standard InChI is InChI=1S/C9H11NO3/c1-10-7(5-6-11)3-4-8(10)9(12)13-2/h3-4,6H,5H2,1-2H3. The van der Waals surface area contributed by atoms with E-state index in [9.17, 15) is 9.59 Å². The van der Waals surface area contributed by atoms with Crippen molar-refractivity contribution >= 4 is 12.3 Å². The highest BCUT2D eigenvalue weighted by Gasteiger charge is 2.11. The van der Waals surface area contributed by atoms with Crippen molar-refractivity contribution in [3.05, 3.63) is 23.5 Å². The number of nitrogens with zero attached hydrogens (tertiary/aromatic N) is 1. The Morgan fingerprint density at radius 1 is 1.62 bits per heavy atom. The molecule has 0 N–H and O–H groups in total. The molecule has 1 aromatic heterocycles. The van der Waals surface area contributed by atoms with Crippen LogP contribution in [0.4, 0.5) is 0 Å². The molecule has 0 unspecified atom stereocenters. The van der Waals surface area contributed by atoms with Gasteiger partial charge in [0.15, 0.2) is 0 Å². The third-order valence-electron chi connectivity index (χ3n) is 1.91. The highest BCUT2D eigenvalue weighted by Crippen LogP contribution is 2.08. The average molecular weight is 181 g/mol. The number of carbonyl (C=O) groups is 2. The summed E-state index contributed by atoms with van der Waals surface area (Å²) in [6, 6.07) is 3.38. The molecule has 0 aliphatic carbocycles. The lowest BCUT2D eigenvalue weighted by Gasteiger charge is -2.03. The number of rotatable bonds is 3. The molecule has 0 atom stereocenters. The highest BCUT2D eigenvalue weighted by molar-refractivity contribution is 5.87. The normalized spacial score (nSPS) is 9.69. The molecule has 0 radical (unpaired) electrons. The Bertz CT molecular complexity index is 328. The molecule has 0 fully saturated rings. The van der Waals surface area contributed by atoms with Gasteiger partial charge in [-0.2, -0.15) is 0 Å². The summed E-state index contributed by atoms with van der Waals surface area (Å²) >= 11 is 0. The van der Waals surface area contributed by atoms with Crippen molar-refractivity contribution in [3.8, 4) is 0 Å². The van der Waals surface area contributed by atoms with E-state index in [-0.39, 0.29) is 5.97 Å². The van der Waals surface area contributed by atoms with Crippen LogP contribution in [0, 0.1) is 0 Å². The average Bonchev–Trinajstić information content (AvgIpc) is 2.48. The predicted octanol–water partition coefficient (Wildman–Crippen LogP) is 0.553. The van der Waals surface area contributed by atoms with Crippen LogP contribution in [-0.2, 0) is 23.0 Å². The minimum Gasteiger partial charge on any atom is -0.464 e. The van der Waals surface area contributed by atoms with Crippen LogP contribution in [0.5, 0.6) is 0 Å². The fourth-order valence-electron chi connectivity index (χ4n) is 1.15. The Hall–Kier alpha value is -1.58. The molecule has 1 aromatic rings. The molecule has 0 saturated heterocycles. The molecule has 0 aliphatic heterocycles. The number of ether oxygens (including phenoxy) is 1. The predicted molar refractivity (Wildman–Crippen MR) is 46.5 cm³/mol. The van der Waals surface area contributed by atoms with Crippen molar-refractivity contribution in [2.24, 2.45) is 7.05 Å². The van der Waals surface area contributed by atoms with Gasteiger partial charge >= 0.3 is 5.97 Å². The van der Waals surface area contributed by atoms with Crippen LogP contribution in [0.1, 0.15) is 16.2 Å². The first-order valence-corrected chi connectivity index (χ1v) is 3.87. The van der Waals surface area contributed by atoms with Gasteiger partial charge in [0.2, 0.25) is 0 Å². The second-order valence-electron chi connectivity index (χ2n) is 2.63. The zero-order chi connectivity index (χ0) is 9.84. The van der Waals surface area contributed by atoms with E-state index in [0.29, 0.717) is 12.1 Å². The van der Waals surface area contributed by atoms with Crippen molar-refractivity contribution < 1.29 is 14.3 Å². The Balaban J connectivity index is 2.98. The number of hydrogen-bond donors (Lipinski definition) is 0. The minimum absolute atomic E-state index is 0.313. The van der Waals surface area contributed by atoms with Gasteiger partial charge in [0.25, 0.3) is 0 Å². The lowest BCUT2D eigenvalue weighted by Crippen LogP contribution is -2.09. The maximum absolute atomic E-state index is 11.1. The van der Waals surface area contributed by atoms with Gasteiger partial charge in [-0.1, -0.05) is 0 Å². The Kier molecular flexibility index (Phi) is 2.84. The summed E-state index contributed by atoms with van der Waals surface area (Å²) in [6.07, 6.45) is 1.11. The molecule has 13 heavy (non-hydrogen) atoms. The molecule has 0 bridgehead atoms. The fourth-order valence-corrected chi connectivity index (χ4v) is 1.15. The smallest absolute Gasteiger partial charge is 0.354 e. The number of aldehydes is 1. The van der Waals surface area contributed by atoms with Gasteiger partial charge in [-0.25, -0.2) is 4.79 Å². The monoisotopic (exact) mass is 181 g/mol. The van der Waals surface area contributed by atoms with E-state index in [1.165, 1.54) is 7.11 Å². The van der Waals surface area contributed by atoms with Crippen molar-refractivity contribution in [2.45, 2.75) is 6.42 Å². The molecule has 4 heteroatoms. The molecule has 0 amide bonds. The molecular weight excluding hydrogens is 170 g/mol. The quantitative estimate of drug-likeness (QED) is 0.505. The van der Waals surface area contributed by atoms with Gasteiger partial charge in [0.1, 0.15) is 12.0 Å². The zero-order valence-corrected chi connectivity index (χ0v) is 7.61. The summed E-state index contributed by atoms with van der Waals surface area (Å²) in [6.45, 7) is 0. The number of aromatic nitrogens is 1. The number of hydrogen-bond acceptors (Lipinski definition) is 3. The molecule has 0 spiro atoms. The summed E-state index contributed by atoms with van der Waals surface area (Å²) in [5, 5.41) is 0. The second kappa shape index (κ2) is 3.89. The Labute approximate surface area is 76.1 Å². The molecule has 1 heterocycles. The van der Waals surface area contributed by atoms with Gasteiger partial charge in [-0.05, 0) is 12.1 Å². The van der Waals surface area contributed by atoms with Gasteiger partial charge in [-0.15, -0.1) is 0 Å². The summed E-state index contributed by atoms with van der Waals surface area (Å²) in [5.74, 6) is -0.389. The lowest BCUT2D eigenvalue weighted by atomic mass is 10.3. The molecule has 4 nitrogen and oxygen atoms in total. The first-order chi connectivity index (χ1) is 6.20. The van der Waals surface area contributed by atoms with Gasteiger partial charge in [0.05, 0.1) is 7.11 Å². The van der Waals surface area contributed by atoms with Crippen LogP contribution in [0.15, 0.2) is 12.1 Å². The number of esters is 1. The van der Waals surface area contributed by atoms with Crippen LogP contribution < -0.4 is 0 Å². The lowest BCUT2D eigenvalue weighted by molar-refractivity contribution is -0.107. The van der Waals surface area contributed by atoms with Crippen LogP contribution in [0.3, 0.4) is 0 Å². The zero-order valence-electron chi connectivity index (χ0n) is 7.61. The van der Waals surface area contributed by atoms with E-state index in [1.54, 1.807) is 23.7 Å². The van der Waals surface area contributed by atoms with Crippen LogP contribution in [0.2, 0.25) is 0 Å². The SMILES string of the molecule is COC(=O)c1ccc(CC=O)n1C. The van der Waals surface area contributed by atoms with Gasteiger partial charge in [0, 0.05) is 19.2 Å². The molecule has 0 saturated carbocycles. The van der Waals surface area contributed by atoms with E-state index >= 15 is 0 Å². The Morgan fingerprint density at radius 2 is 2.31 bits per heavy atom. The first kappa shape index (κ1) is 9.51. The number of carbonyl (C=O) groups excluding carboxylic acids is 2. The van der Waals surface area contributed by atoms with E-state index in [0.717, 1.165) is 12.0 Å². The van der Waals surface area contributed by atoms with E-state index in [4.69, 9.17) is 0 Å². The third-order valence-corrected chi connectivity index (χ3v) is 1.91. The van der Waals surface area contributed by atoms with Gasteiger partial charge in [-0.3, -0.25) is 0 Å². The van der Waals surface area contributed by atoms with Crippen molar-refractivity contribution in [2.75, 3.05) is 7.11 Å². The molecule has 1 rings (SSSR count). The third kappa shape index (κ3) is 1.77. The molecule has 70 valence electrons. The molecular formula is C9H11NO3. The number of methoxy groups -OCH3 is 1. The molecule has 0 aliphatic rings. The van der Waals surface area contributed by atoms with Crippen LogP contribution in [-0.4, -0.2) is 23.9 Å². The Morgan fingerprint density at radius 3 is 2.85 bits per heavy atom. The largest absolute Gasteiger partial charge is 0.464 e. The van der Waals surface area contributed by atoms with E-state index < -0.39 is 0 Å². The summed E-state index contributed by atoms with van der Waals surface area (Å²) in [5.41, 5.74) is 1.26. The van der Waals surface area contributed by atoms with E-state index in [2.05, 4.69) is 4.74 Å². The summed E-state index contributed by atoms with van der Waals surface area (Å²) in [4.78, 5) is 21.4. The first-order valence-electron chi connectivity index (χ1n) is 3.87. The molecule has 0 aromatic carbocycles. The maximum Gasteiger partial charge on any atom is 0.354 e. The van der Waals surface area contributed by atoms with Crippen molar-refractivity contribution in [3.63, 3.8) is 0 Å².